The van der Waals surface area contributed by atoms with E-state index in [0.29, 0.717) is 0 Å². The van der Waals surface area contributed by atoms with Gasteiger partial charge >= 0.3 is 0 Å². The monoisotopic (exact) mass is 675 g/mol. The first-order valence-electron chi connectivity index (χ1n) is 18.2. The number of aromatic nitrogens is 3. The third-order valence-corrected chi connectivity index (χ3v) is 11.1. The summed E-state index contributed by atoms with van der Waals surface area (Å²) in [5.74, 6) is 0. The fourth-order valence-electron chi connectivity index (χ4n) is 8.84. The lowest BCUT2D eigenvalue weighted by Crippen LogP contribution is -1.96. The Morgan fingerprint density at radius 3 is 2.04 bits per heavy atom. The molecule has 0 unspecified atom stereocenters. The summed E-state index contributed by atoms with van der Waals surface area (Å²) in [6, 6.07) is 53.3. The molecule has 11 rings (SSSR count). The molecule has 248 valence electrons. The second-order valence-corrected chi connectivity index (χ2v) is 14.0. The van der Waals surface area contributed by atoms with Gasteiger partial charge in [-0.05, 0) is 118 Å². The maximum Gasteiger partial charge on any atom is 0.0793 e. The van der Waals surface area contributed by atoms with Crippen LogP contribution in [0.15, 0.2) is 164 Å². The Balaban J connectivity index is 1.14. The average Bonchev–Trinajstić information content (AvgIpc) is 3.82. The summed E-state index contributed by atoms with van der Waals surface area (Å²) < 4.78 is 4.75. The van der Waals surface area contributed by atoms with Crippen LogP contribution < -0.4 is 0 Å². The molecular weight excluding hydrogens is 643 g/mol. The van der Waals surface area contributed by atoms with E-state index >= 15 is 0 Å². The quantitative estimate of drug-likeness (QED) is 0.178. The van der Waals surface area contributed by atoms with Gasteiger partial charge in [-0.15, -0.1) is 0 Å². The molecule has 0 N–H and O–H groups in total. The van der Waals surface area contributed by atoms with E-state index in [1.807, 2.05) is 12.3 Å². The highest BCUT2D eigenvalue weighted by molar-refractivity contribution is 6.16. The van der Waals surface area contributed by atoms with Crippen molar-refractivity contribution in [3.05, 3.63) is 176 Å². The molecule has 0 aliphatic heterocycles. The SMILES string of the molecule is C=Cc1c(/C=C\C)c2cc(-c3ccc4c(c3)c3cc5ccccc5cc3n4-c3ccc4c(c3)-c3nccc5cccc-4c35)ccc2n1-c1ccccc1. The molecule has 3 nitrogen and oxygen atoms in total. The molecule has 0 amide bonds. The van der Waals surface area contributed by atoms with Crippen LogP contribution in [0.5, 0.6) is 0 Å². The Kier molecular flexibility index (Phi) is 6.32. The lowest BCUT2D eigenvalue weighted by molar-refractivity contribution is 1.11. The Morgan fingerprint density at radius 1 is 0.528 bits per heavy atom. The molecule has 0 spiro atoms. The van der Waals surface area contributed by atoms with Crippen LogP contribution in [0.2, 0.25) is 0 Å². The minimum absolute atomic E-state index is 1.07. The van der Waals surface area contributed by atoms with Crippen LogP contribution in [0.1, 0.15) is 18.2 Å². The summed E-state index contributed by atoms with van der Waals surface area (Å²) >= 11 is 0. The number of nitrogens with zero attached hydrogens (tertiary/aromatic N) is 3. The minimum atomic E-state index is 1.07. The van der Waals surface area contributed by atoms with E-state index < -0.39 is 0 Å². The van der Waals surface area contributed by atoms with E-state index in [0.717, 1.165) is 28.3 Å². The summed E-state index contributed by atoms with van der Waals surface area (Å²) in [7, 11) is 0. The van der Waals surface area contributed by atoms with E-state index in [4.69, 9.17) is 4.98 Å². The first kappa shape index (κ1) is 29.7. The first-order chi connectivity index (χ1) is 26.2. The van der Waals surface area contributed by atoms with Gasteiger partial charge < -0.3 is 9.13 Å². The van der Waals surface area contributed by atoms with Crippen molar-refractivity contribution in [2.45, 2.75) is 6.92 Å². The Hall–Kier alpha value is -6.97. The van der Waals surface area contributed by atoms with Crippen molar-refractivity contribution >= 4 is 66.4 Å². The normalized spacial score (nSPS) is 12.2. The molecule has 1 aliphatic rings. The predicted molar refractivity (Wildman–Crippen MR) is 225 cm³/mol. The van der Waals surface area contributed by atoms with Crippen LogP contribution in [0.25, 0.3) is 111 Å². The zero-order chi connectivity index (χ0) is 35.2. The molecule has 0 bridgehead atoms. The number of hydrogen-bond acceptors (Lipinski definition) is 1. The summed E-state index contributed by atoms with van der Waals surface area (Å²) in [5.41, 5.74) is 15.2. The van der Waals surface area contributed by atoms with Gasteiger partial charge in [0.2, 0.25) is 0 Å². The van der Waals surface area contributed by atoms with Crippen molar-refractivity contribution in [3.63, 3.8) is 0 Å². The number of fused-ring (bicyclic) bond motifs is 8. The zero-order valence-corrected chi connectivity index (χ0v) is 29.2. The highest BCUT2D eigenvalue weighted by Gasteiger charge is 2.24. The number of hydrogen-bond donors (Lipinski definition) is 0. The average molecular weight is 676 g/mol. The van der Waals surface area contributed by atoms with Gasteiger partial charge in [0.25, 0.3) is 0 Å². The highest BCUT2D eigenvalue weighted by Crippen LogP contribution is 2.47. The maximum atomic E-state index is 4.90. The van der Waals surface area contributed by atoms with E-state index in [1.54, 1.807) is 0 Å². The van der Waals surface area contributed by atoms with Gasteiger partial charge in [0.05, 0.1) is 27.9 Å². The lowest BCUT2D eigenvalue weighted by Gasteiger charge is -2.12. The fourth-order valence-corrected chi connectivity index (χ4v) is 8.84. The number of rotatable bonds is 5. The minimum Gasteiger partial charge on any atom is -0.309 e. The van der Waals surface area contributed by atoms with Crippen LogP contribution in [0.4, 0.5) is 0 Å². The number of allylic oxidation sites excluding steroid dienone is 1. The zero-order valence-electron chi connectivity index (χ0n) is 29.2. The van der Waals surface area contributed by atoms with Crippen molar-refractivity contribution in [2.75, 3.05) is 0 Å². The second-order valence-electron chi connectivity index (χ2n) is 14.0. The van der Waals surface area contributed by atoms with E-state index in [9.17, 15) is 0 Å². The Labute approximate surface area is 307 Å². The first-order valence-corrected chi connectivity index (χ1v) is 18.2. The van der Waals surface area contributed by atoms with E-state index in [2.05, 4.69) is 180 Å². The van der Waals surface area contributed by atoms with Gasteiger partial charge in [-0.2, -0.15) is 0 Å². The summed E-state index contributed by atoms with van der Waals surface area (Å²) in [6.45, 7) is 6.30. The summed E-state index contributed by atoms with van der Waals surface area (Å²) in [4.78, 5) is 4.90. The van der Waals surface area contributed by atoms with Crippen LogP contribution >= 0.6 is 0 Å². The molecule has 53 heavy (non-hydrogen) atoms. The van der Waals surface area contributed by atoms with Crippen molar-refractivity contribution < 1.29 is 0 Å². The molecule has 3 heteroatoms. The van der Waals surface area contributed by atoms with Gasteiger partial charge in [-0.1, -0.05) is 97.6 Å². The molecule has 0 saturated carbocycles. The molecular formula is C50H33N3. The molecule has 1 aliphatic carbocycles. The molecule has 3 heterocycles. The largest absolute Gasteiger partial charge is 0.309 e. The van der Waals surface area contributed by atoms with Gasteiger partial charge in [0, 0.05) is 50.2 Å². The van der Waals surface area contributed by atoms with Crippen molar-refractivity contribution in [3.8, 4) is 44.9 Å². The molecule has 0 saturated heterocycles. The smallest absolute Gasteiger partial charge is 0.0793 e. The number of pyridine rings is 1. The van der Waals surface area contributed by atoms with E-state index in [-0.39, 0.29) is 0 Å². The summed E-state index contributed by atoms with van der Waals surface area (Å²) in [6.07, 6.45) is 8.23. The van der Waals surface area contributed by atoms with Gasteiger partial charge in [-0.25, -0.2) is 0 Å². The van der Waals surface area contributed by atoms with Crippen molar-refractivity contribution in [1.29, 1.82) is 0 Å². The van der Waals surface area contributed by atoms with Crippen LogP contribution in [-0.2, 0) is 0 Å². The van der Waals surface area contributed by atoms with Gasteiger partial charge in [0.1, 0.15) is 0 Å². The van der Waals surface area contributed by atoms with E-state index in [1.165, 1.54) is 82.1 Å². The Bertz CT molecular complexity index is 3190. The summed E-state index contributed by atoms with van der Waals surface area (Å²) in [5, 5.41) is 8.62. The topological polar surface area (TPSA) is 22.8 Å². The van der Waals surface area contributed by atoms with Crippen LogP contribution in [-0.4, -0.2) is 14.1 Å². The standard InChI is InChI=1S/C50H33N3/c1-3-11-39-41-27-34(18-22-46(41)52(45(39)4-2)36-15-6-5-7-16-36)35-19-23-47-42(28-35)43-26-32-12-8-9-13-33(32)29-48(43)53(47)37-20-21-38-40-17-10-14-31-24-25-51-50(49(31)40)44(38)30-37/h3-30H,2H2,1H3/b11-3-. The van der Waals surface area contributed by atoms with Crippen LogP contribution in [0.3, 0.4) is 0 Å². The lowest BCUT2D eigenvalue weighted by atomic mass is 9.99. The maximum absolute atomic E-state index is 4.90. The third-order valence-electron chi connectivity index (χ3n) is 11.1. The van der Waals surface area contributed by atoms with Crippen LogP contribution in [0, 0.1) is 0 Å². The van der Waals surface area contributed by atoms with Crippen molar-refractivity contribution in [2.24, 2.45) is 0 Å². The predicted octanol–water partition coefficient (Wildman–Crippen LogP) is 13.4. The number of benzene rings is 7. The van der Waals surface area contributed by atoms with Gasteiger partial charge in [-0.3, -0.25) is 4.98 Å². The molecule has 0 atom stereocenters. The second kappa shape index (κ2) is 11.3. The Morgan fingerprint density at radius 2 is 1.25 bits per heavy atom. The molecule has 3 aromatic heterocycles. The van der Waals surface area contributed by atoms with Gasteiger partial charge in [0.15, 0.2) is 0 Å². The fraction of sp³-hybridized carbons (Fsp3) is 0.0200. The highest BCUT2D eigenvalue weighted by atomic mass is 15.0. The number of para-hydroxylation sites is 1. The molecule has 10 aromatic rings. The third kappa shape index (κ3) is 4.25. The molecule has 0 radical (unpaired) electrons. The molecule has 0 fully saturated rings. The van der Waals surface area contributed by atoms with Crippen molar-refractivity contribution in [1.82, 2.24) is 14.1 Å². The molecule has 7 aromatic carbocycles.